The molecule has 1 aliphatic heterocycles. The van der Waals surface area contributed by atoms with Gasteiger partial charge in [-0.3, -0.25) is 9.20 Å². The van der Waals surface area contributed by atoms with Crippen molar-refractivity contribution in [2.75, 3.05) is 31.1 Å². The maximum absolute atomic E-state index is 12.6. The van der Waals surface area contributed by atoms with E-state index < -0.39 is 0 Å². The Balaban J connectivity index is 1.42. The van der Waals surface area contributed by atoms with Gasteiger partial charge >= 0.3 is 5.69 Å². The maximum Gasteiger partial charge on any atom is 0.350 e. The van der Waals surface area contributed by atoms with Gasteiger partial charge in [-0.15, -0.1) is 5.10 Å². The highest BCUT2D eigenvalue weighted by Crippen LogP contribution is 2.17. The Morgan fingerprint density at radius 2 is 1.88 bits per heavy atom. The number of pyridine rings is 1. The summed E-state index contributed by atoms with van der Waals surface area (Å²) in [5, 5.41) is 4.23. The van der Waals surface area contributed by atoms with Crippen LogP contribution in [0.5, 0.6) is 0 Å². The quantitative estimate of drug-likeness (QED) is 0.710. The van der Waals surface area contributed by atoms with Crippen molar-refractivity contribution in [3.63, 3.8) is 0 Å². The fraction of sp³-hybridized carbons (Fsp3) is 0.316. The Labute approximate surface area is 151 Å². The van der Waals surface area contributed by atoms with E-state index in [9.17, 15) is 9.59 Å². The summed E-state index contributed by atoms with van der Waals surface area (Å²) >= 11 is 0. The van der Waals surface area contributed by atoms with E-state index in [1.807, 2.05) is 11.0 Å². The number of anilines is 1. The third-order valence-corrected chi connectivity index (χ3v) is 4.77. The molecule has 1 aliphatic rings. The average molecular weight is 351 g/mol. The first-order valence-electron chi connectivity index (χ1n) is 8.75. The van der Waals surface area contributed by atoms with Crippen molar-refractivity contribution in [3.8, 4) is 0 Å². The number of amides is 1. The zero-order chi connectivity index (χ0) is 18.1. The number of aromatic nitrogens is 3. The number of carbonyl (C=O) groups excluding carboxylic acids is 1. The monoisotopic (exact) mass is 351 g/mol. The largest absolute Gasteiger partial charge is 0.368 e. The van der Waals surface area contributed by atoms with E-state index in [4.69, 9.17) is 0 Å². The molecule has 0 spiro atoms. The predicted molar refractivity (Wildman–Crippen MR) is 99.4 cm³/mol. The average Bonchev–Trinajstić information content (AvgIpc) is 2.98. The van der Waals surface area contributed by atoms with E-state index in [0.717, 1.165) is 13.1 Å². The minimum atomic E-state index is -0.285. The Morgan fingerprint density at radius 3 is 2.62 bits per heavy atom. The van der Waals surface area contributed by atoms with Gasteiger partial charge in [0.25, 0.3) is 0 Å². The number of aryl methyl sites for hydroxylation is 1. The molecular formula is C19H21N5O2. The number of hydrogen-bond acceptors (Lipinski definition) is 4. The van der Waals surface area contributed by atoms with Gasteiger partial charge in [0.05, 0.1) is 0 Å². The fourth-order valence-corrected chi connectivity index (χ4v) is 3.34. The van der Waals surface area contributed by atoms with Gasteiger partial charge < -0.3 is 9.80 Å². The number of hydrogen-bond donors (Lipinski definition) is 0. The van der Waals surface area contributed by atoms with Crippen molar-refractivity contribution < 1.29 is 4.79 Å². The van der Waals surface area contributed by atoms with Crippen LogP contribution >= 0.6 is 0 Å². The van der Waals surface area contributed by atoms with Crippen LogP contribution in [0.2, 0.25) is 0 Å². The van der Waals surface area contributed by atoms with Crippen LogP contribution in [0, 0.1) is 6.92 Å². The highest BCUT2D eigenvalue weighted by Gasteiger charge is 2.22. The molecule has 1 fully saturated rings. The van der Waals surface area contributed by atoms with Crippen LogP contribution in [-0.4, -0.2) is 51.2 Å². The lowest BCUT2D eigenvalue weighted by atomic mass is 10.2. The number of benzene rings is 1. The molecular weight excluding hydrogens is 330 g/mol. The number of piperazine rings is 1. The second-order valence-electron chi connectivity index (χ2n) is 6.58. The molecule has 0 atom stereocenters. The Hall–Kier alpha value is -3.09. The van der Waals surface area contributed by atoms with Crippen LogP contribution in [0.3, 0.4) is 0 Å². The molecule has 3 aromatic rings. The first-order chi connectivity index (χ1) is 12.6. The third kappa shape index (κ3) is 3.08. The summed E-state index contributed by atoms with van der Waals surface area (Å²) in [6.07, 6.45) is 1.66. The number of carbonyl (C=O) groups is 1. The number of nitrogens with zero attached hydrogens (tertiary/aromatic N) is 5. The van der Waals surface area contributed by atoms with Crippen LogP contribution in [0.15, 0.2) is 53.5 Å². The van der Waals surface area contributed by atoms with E-state index in [1.54, 1.807) is 18.3 Å². The van der Waals surface area contributed by atoms with Crippen molar-refractivity contribution in [3.05, 3.63) is 64.7 Å². The molecule has 0 N–H and O–H groups in total. The molecule has 1 aromatic carbocycles. The Morgan fingerprint density at radius 1 is 1.08 bits per heavy atom. The van der Waals surface area contributed by atoms with Gasteiger partial charge in [0.2, 0.25) is 5.91 Å². The van der Waals surface area contributed by atoms with Gasteiger partial charge in [-0.1, -0.05) is 18.2 Å². The van der Waals surface area contributed by atoms with Crippen molar-refractivity contribution in [2.45, 2.75) is 13.5 Å². The highest BCUT2D eigenvalue weighted by atomic mass is 16.2. The minimum absolute atomic E-state index is 0.0229. The zero-order valence-electron chi connectivity index (χ0n) is 14.7. The van der Waals surface area contributed by atoms with Gasteiger partial charge in [-0.05, 0) is 36.8 Å². The molecule has 7 nitrogen and oxygen atoms in total. The molecule has 1 saturated heterocycles. The summed E-state index contributed by atoms with van der Waals surface area (Å²) in [5.41, 5.74) is 2.68. The molecule has 134 valence electrons. The van der Waals surface area contributed by atoms with E-state index in [-0.39, 0.29) is 18.1 Å². The SMILES string of the molecule is Cc1cccc(N2CCN(C(=O)Cn3nc4ccccn4c3=O)CC2)c1. The van der Waals surface area contributed by atoms with E-state index in [1.165, 1.54) is 20.3 Å². The molecule has 2 aromatic heterocycles. The summed E-state index contributed by atoms with van der Waals surface area (Å²) in [6.45, 7) is 4.93. The van der Waals surface area contributed by atoms with Gasteiger partial charge in [0, 0.05) is 38.1 Å². The van der Waals surface area contributed by atoms with Gasteiger partial charge in [0.1, 0.15) is 6.54 Å². The lowest BCUT2D eigenvalue weighted by molar-refractivity contribution is -0.132. The molecule has 0 aliphatic carbocycles. The first kappa shape index (κ1) is 16.4. The summed E-state index contributed by atoms with van der Waals surface area (Å²) in [5.74, 6) is -0.0700. The lowest BCUT2D eigenvalue weighted by Gasteiger charge is -2.36. The Bertz CT molecular complexity index is 998. The van der Waals surface area contributed by atoms with Crippen molar-refractivity contribution in [2.24, 2.45) is 0 Å². The van der Waals surface area contributed by atoms with Crippen molar-refractivity contribution in [1.82, 2.24) is 19.1 Å². The summed E-state index contributed by atoms with van der Waals surface area (Å²) < 4.78 is 2.69. The van der Waals surface area contributed by atoms with Crippen molar-refractivity contribution in [1.29, 1.82) is 0 Å². The molecule has 3 heterocycles. The molecule has 26 heavy (non-hydrogen) atoms. The third-order valence-electron chi connectivity index (χ3n) is 4.77. The molecule has 0 bridgehead atoms. The molecule has 4 rings (SSSR count). The highest BCUT2D eigenvalue weighted by molar-refractivity contribution is 5.76. The molecule has 7 heteroatoms. The van der Waals surface area contributed by atoms with Crippen LogP contribution in [0.4, 0.5) is 5.69 Å². The molecule has 0 radical (unpaired) electrons. The predicted octanol–water partition coefficient (Wildman–Crippen LogP) is 1.15. The lowest BCUT2D eigenvalue weighted by Crippen LogP contribution is -2.50. The molecule has 1 amide bonds. The number of rotatable bonds is 3. The van der Waals surface area contributed by atoms with E-state index in [2.05, 4.69) is 41.2 Å². The number of fused-ring (bicyclic) bond motifs is 1. The van der Waals surface area contributed by atoms with E-state index in [0.29, 0.717) is 18.7 Å². The second kappa shape index (κ2) is 6.67. The smallest absolute Gasteiger partial charge is 0.350 e. The zero-order valence-corrected chi connectivity index (χ0v) is 14.7. The fourth-order valence-electron chi connectivity index (χ4n) is 3.34. The van der Waals surface area contributed by atoms with Crippen LogP contribution in [-0.2, 0) is 11.3 Å². The summed E-state index contributed by atoms with van der Waals surface area (Å²) in [4.78, 5) is 29.0. The second-order valence-corrected chi connectivity index (χ2v) is 6.58. The topological polar surface area (TPSA) is 62.9 Å². The van der Waals surface area contributed by atoms with E-state index >= 15 is 0 Å². The van der Waals surface area contributed by atoms with Crippen LogP contribution < -0.4 is 10.6 Å². The van der Waals surface area contributed by atoms with Gasteiger partial charge in [0.15, 0.2) is 5.65 Å². The van der Waals surface area contributed by atoms with Crippen LogP contribution in [0.1, 0.15) is 5.56 Å². The summed E-state index contributed by atoms with van der Waals surface area (Å²) in [6, 6.07) is 13.7. The first-order valence-corrected chi connectivity index (χ1v) is 8.75. The Kier molecular flexibility index (Phi) is 4.20. The standard InChI is InChI=1S/C19H21N5O2/c1-15-5-4-6-16(13-15)21-9-11-22(12-10-21)18(25)14-24-19(26)23-8-3-2-7-17(23)20-24/h2-8,13H,9-12,14H2,1H3. The maximum atomic E-state index is 12.6. The van der Waals surface area contributed by atoms with Gasteiger partial charge in [-0.25, -0.2) is 9.48 Å². The van der Waals surface area contributed by atoms with Gasteiger partial charge in [-0.2, -0.15) is 0 Å². The molecule has 0 saturated carbocycles. The molecule has 0 unspecified atom stereocenters. The summed E-state index contributed by atoms with van der Waals surface area (Å²) in [7, 11) is 0. The van der Waals surface area contributed by atoms with Crippen LogP contribution in [0.25, 0.3) is 5.65 Å². The van der Waals surface area contributed by atoms with Crippen molar-refractivity contribution >= 4 is 17.2 Å². The minimum Gasteiger partial charge on any atom is -0.368 e. The normalized spacial score (nSPS) is 14.8.